The third-order valence-corrected chi connectivity index (χ3v) is 4.84. The predicted octanol–water partition coefficient (Wildman–Crippen LogP) is 2.87. The zero-order valence-corrected chi connectivity index (χ0v) is 14.2. The van der Waals surface area contributed by atoms with Crippen LogP contribution in [0.3, 0.4) is 0 Å². The first-order chi connectivity index (χ1) is 12.6. The van der Waals surface area contributed by atoms with E-state index in [2.05, 4.69) is 5.32 Å². The van der Waals surface area contributed by atoms with Gasteiger partial charge in [-0.25, -0.2) is 4.79 Å². The van der Waals surface area contributed by atoms with E-state index in [1.807, 2.05) is 36.4 Å². The summed E-state index contributed by atoms with van der Waals surface area (Å²) < 4.78 is 0. The minimum absolute atomic E-state index is 0.133. The van der Waals surface area contributed by atoms with E-state index in [0.717, 1.165) is 18.4 Å². The van der Waals surface area contributed by atoms with Crippen LogP contribution in [0.4, 0.5) is 10.5 Å². The van der Waals surface area contributed by atoms with Crippen molar-refractivity contribution in [3.8, 4) is 0 Å². The number of nitrogens with one attached hydrogen (secondary N) is 1. The second kappa shape index (κ2) is 6.63. The average Bonchev–Trinajstić information content (AvgIpc) is 3.23. The Morgan fingerprint density at radius 3 is 2.65 bits per heavy atom. The molecule has 0 aliphatic carbocycles. The topological polar surface area (TPSA) is 69.7 Å². The summed E-state index contributed by atoms with van der Waals surface area (Å²) in [5.41, 5.74) is 1.97. The van der Waals surface area contributed by atoms with Gasteiger partial charge in [-0.05, 0) is 42.7 Å². The maximum atomic E-state index is 12.4. The Hall–Kier alpha value is -3.15. The molecule has 2 heterocycles. The van der Waals surface area contributed by atoms with E-state index >= 15 is 0 Å². The van der Waals surface area contributed by atoms with Crippen molar-refractivity contribution in [2.24, 2.45) is 0 Å². The Balaban J connectivity index is 1.49. The van der Waals surface area contributed by atoms with Crippen LogP contribution in [0.15, 0.2) is 54.6 Å². The van der Waals surface area contributed by atoms with Crippen LogP contribution in [0, 0.1) is 0 Å². The van der Waals surface area contributed by atoms with Crippen LogP contribution in [0.25, 0.3) is 0 Å². The van der Waals surface area contributed by atoms with E-state index in [0.29, 0.717) is 17.8 Å². The van der Waals surface area contributed by atoms with Crippen LogP contribution in [0.1, 0.15) is 28.8 Å². The number of carbonyl (C=O) groups excluding carboxylic acids is 3. The summed E-state index contributed by atoms with van der Waals surface area (Å²) in [6.07, 6.45) is 1.62. The maximum Gasteiger partial charge on any atom is 0.327 e. The molecule has 0 saturated carbocycles. The Morgan fingerprint density at radius 1 is 1.08 bits per heavy atom. The van der Waals surface area contributed by atoms with Crippen molar-refractivity contribution in [2.45, 2.75) is 25.4 Å². The highest BCUT2D eigenvalue weighted by Gasteiger charge is 2.47. The minimum Gasteiger partial charge on any atom is -0.322 e. The molecule has 0 spiro atoms. The van der Waals surface area contributed by atoms with Gasteiger partial charge in [0.2, 0.25) is 0 Å². The highest BCUT2D eigenvalue weighted by atomic mass is 16.2. The molecule has 4 amide bonds. The van der Waals surface area contributed by atoms with Gasteiger partial charge < -0.3 is 10.2 Å². The number of imide groups is 1. The van der Waals surface area contributed by atoms with Crippen LogP contribution < -0.4 is 5.32 Å². The molecule has 2 aliphatic rings. The third-order valence-electron chi connectivity index (χ3n) is 4.84. The third kappa shape index (κ3) is 2.94. The van der Waals surface area contributed by atoms with E-state index in [1.165, 1.54) is 4.90 Å². The van der Waals surface area contributed by atoms with Crippen molar-refractivity contribution < 1.29 is 14.4 Å². The molecule has 1 N–H and O–H groups in total. The SMILES string of the molecule is O=C(Nc1ccccc1)c1cccc(CN2C(=O)[C@H]3CCCN3C2=O)c1. The van der Waals surface area contributed by atoms with Crippen molar-refractivity contribution in [1.82, 2.24) is 9.80 Å². The second-order valence-electron chi connectivity index (χ2n) is 6.58. The first-order valence-corrected chi connectivity index (χ1v) is 8.71. The van der Waals surface area contributed by atoms with E-state index in [1.54, 1.807) is 23.1 Å². The average molecular weight is 349 g/mol. The van der Waals surface area contributed by atoms with Crippen molar-refractivity contribution >= 4 is 23.5 Å². The monoisotopic (exact) mass is 349 g/mol. The molecule has 0 unspecified atom stereocenters. The number of para-hydroxylation sites is 1. The summed E-state index contributed by atoms with van der Waals surface area (Å²) >= 11 is 0. The summed E-state index contributed by atoms with van der Waals surface area (Å²) in [4.78, 5) is 40.2. The molecule has 6 heteroatoms. The van der Waals surface area contributed by atoms with E-state index < -0.39 is 0 Å². The molecular weight excluding hydrogens is 330 g/mol. The first kappa shape index (κ1) is 16.3. The number of hydrogen-bond donors (Lipinski definition) is 1. The zero-order chi connectivity index (χ0) is 18.1. The Kier molecular flexibility index (Phi) is 4.16. The standard InChI is InChI=1S/C20H19N3O3/c24-18(21-16-8-2-1-3-9-16)15-7-4-6-14(12-15)13-23-19(25)17-10-5-11-22(17)20(23)26/h1-4,6-9,12,17H,5,10-11,13H2,(H,21,24)/t17-/m1/s1. The largest absolute Gasteiger partial charge is 0.327 e. The fraction of sp³-hybridized carbons (Fsp3) is 0.250. The molecule has 26 heavy (non-hydrogen) atoms. The minimum atomic E-state index is -0.299. The Labute approximate surface area is 151 Å². The van der Waals surface area contributed by atoms with Crippen LogP contribution in [-0.2, 0) is 11.3 Å². The van der Waals surface area contributed by atoms with Crippen molar-refractivity contribution in [2.75, 3.05) is 11.9 Å². The highest BCUT2D eigenvalue weighted by molar-refractivity contribution is 6.05. The molecule has 2 saturated heterocycles. The van der Waals surface area contributed by atoms with Gasteiger partial charge >= 0.3 is 6.03 Å². The van der Waals surface area contributed by atoms with Gasteiger partial charge in [-0.3, -0.25) is 14.5 Å². The lowest BCUT2D eigenvalue weighted by atomic mass is 10.1. The van der Waals surface area contributed by atoms with Gasteiger partial charge in [-0.1, -0.05) is 30.3 Å². The molecule has 2 aromatic rings. The molecule has 2 fully saturated rings. The number of nitrogens with zero attached hydrogens (tertiary/aromatic N) is 2. The smallest absolute Gasteiger partial charge is 0.322 e. The predicted molar refractivity (Wildman–Crippen MR) is 96.5 cm³/mol. The molecule has 6 nitrogen and oxygen atoms in total. The van der Waals surface area contributed by atoms with Crippen LogP contribution in [-0.4, -0.2) is 40.2 Å². The fourth-order valence-electron chi connectivity index (χ4n) is 3.55. The van der Waals surface area contributed by atoms with Crippen molar-refractivity contribution in [1.29, 1.82) is 0 Å². The lowest BCUT2D eigenvalue weighted by molar-refractivity contribution is -0.128. The van der Waals surface area contributed by atoms with Gasteiger partial charge in [0.1, 0.15) is 6.04 Å². The summed E-state index contributed by atoms with van der Waals surface area (Å²) in [6, 6.07) is 15.7. The van der Waals surface area contributed by atoms with Gasteiger partial charge in [0.25, 0.3) is 11.8 Å². The van der Waals surface area contributed by atoms with Crippen LogP contribution >= 0.6 is 0 Å². The molecule has 0 radical (unpaired) electrons. The molecule has 132 valence electrons. The number of urea groups is 1. The Bertz CT molecular complexity index is 844. The second-order valence-corrected chi connectivity index (χ2v) is 6.58. The van der Waals surface area contributed by atoms with E-state index in [-0.39, 0.29) is 30.4 Å². The van der Waals surface area contributed by atoms with Gasteiger partial charge in [0.15, 0.2) is 0 Å². The number of fused-ring (bicyclic) bond motifs is 1. The van der Waals surface area contributed by atoms with Gasteiger partial charge in [0, 0.05) is 17.8 Å². The summed E-state index contributed by atoms with van der Waals surface area (Å²) in [6.45, 7) is 0.836. The molecular formula is C20H19N3O3. The summed E-state index contributed by atoms with van der Waals surface area (Å²) in [7, 11) is 0. The number of amides is 4. The number of rotatable bonds is 4. The zero-order valence-electron chi connectivity index (χ0n) is 14.2. The summed E-state index contributed by atoms with van der Waals surface area (Å²) in [5.74, 6) is -0.357. The van der Waals surface area contributed by atoms with Crippen LogP contribution in [0.5, 0.6) is 0 Å². The lowest BCUT2D eigenvalue weighted by Gasteiger charge is -2.16. The van der Waals surface area contributed by atoms with Gasteiger partial charge in [-0.15, -0.1) is 0 Å². The summed E-state index contributed by atoms with van der Waals surface area (Å²) in [5, 5.41) is 2.83. The van der Waals surface area contributed by atoms with E-state index in [9.17, 15) is 14.4 Å². The number of carbonyl (C=O) groups is 3. The lowest BCUT2D eigenvalue weighted by Crippen LogP contribution is -2.32. The molecule has 0 bridgehead atoms. The number of benzene rings is 2. The highest BCUT2D eigenvalue weighted by Crippen LogP contribution is 2.28. The quantitative estimate of drug-likeness (QED) is 0.863. The van der Waals surface area contributed by atoms with Crippen molar-refractivity contribution in [3.05, 3.63) is 65.7 Å². The normalized spacial score (nSPS) is 19.0. The van der Waals surface area contributed by atoms with E-state index in [4.69, 9.17) is 0 Å². The molecule has 0 aromatic heterocycles. The molecule has 2 aliphatic heterocycles. The molecule has 2 aromatic carbocycles. The fourth-order valence-corrected chi connectivity index (χ4v) is 3.55. The molecule has 4 rings (SSSR count). The van der Waals surface area contributed by atoms with Crippen LogP contribution in [0.2, 0.25) is 0 Å². The first-order valence-electron chi connectivity index (χ1n) is 8.71. The number of hydrogen-bond acceptors (Lipinski definition) is 3. The number of anilines is 1. The van der Waals surface area contributed by atoms with Gasteiger partial charge in [-0.2, -0.15) is 0 Å². The molecule has 1 atom stereocenters. The Morgan fingerprint density at radius 2 is 1.88 bits per heavy atom. The van der Waals surface area contributed by atoms with Gasteiger partial charge in [0.05, 0.1) is 6.54 Å². The van der Waals surface area contributed by atoms with Crippen molar-refractivity contribution in [3.63, 3.8) is 0 Å². The maximum absolute atomic E-state index is 12.4.